The number of anilines is 1. The van der Waals surface area contributed by atoms with Gasteiger partial charge in [0.05, 0.1) is 16.8 Å². The molecule has 4 nitrogen and oxygen atoms in total. The van der Waals surface area contributed by atoms with Crippen molar-refractivity contribution in [3.63, 3.8) is 0 Å². The molecule has 0 unspecified atom stereocenters. The third kappa shape index (κ3) is 3.79. The van der Waals surface area contributed by atoms with Crippen LogP contribution in [0.4, 0.5) is 5.69 Å². The molecule has 0 radical (unpaired) electrons. The SMILES string of the molecule is Cc1nc2ccccc2cc1C(=O)N(C)CCN(C)c1ccccc1. The van der Waals surface area contributed by atoms with Crippen molar-refractivity contribution in [3.8, 4) is 0 Å². The molecule has 0 saturated carbocycles. The van der Waals surface area contributed by atoms with E-state index in [-0.39, 0.29) is 5.91 Å². The van der Waals surface area contributed by atoms with Gasteiger partial charge in [0.15, 0.2) is 0 Å². The average Bonchev–Trinajstić information content (AvgIpc) is 2.65. The summed E-state index contributed by atoms with van der Waals surface area (Å²) in [5.74, 6) is 0.0113. The number of benzene rings is 2. The van der Waals surface area contributed by atoms with Crippen LogP contribution in [0.2, 0.25) is 0 Å². The van der Waals surface area contributed by atoms with Gasteiger partial charge >= 0.3 is 0 Å². The number of aryl methyl sites for hydroxylation is 1. The summed E-state index contributed by atoms with van der Waals surface area (Å²) in [6, 6.07) is 20.0. The topological polar surface area (TPSA) is 36.4 Å². The van der Waals surface area contributed by atoms with Crippen LogP contribution in [0, 0.1) is 6.92 Å². The van der Waals surface area contributed by atoms with E-state index in [1.54, 1.807) is 4.90 Å². The number of pyridine rings is 1. The van der Waals surface area contributed by atoms with Gasteiger partial charge in [-0.15, -0.1) is 0 Å². The van der Waals surface area contributed by atoms with E-state index in [0.717, 1.165) is 28.8 Å². The van der Waals surface area contributed by atoms with Crippen molar-refractivity contribution in [2.75, 3.05) is 32.1 Å². The van der Waals surface area contributed by atoms with Gasteiger partial charge in [0.1, 0.15) is 0 Å². The number of carbonyl (C=O) groups is 1. The number of carbonyl (C=O) groups excluding carboxylic acids is 1. The van der Waals surface area contributed by atoms with E-state index < -0.39 is 0 Å². The minimum absolute atomic E-state index is 0.0113. The first-order chi connectivity index (χ1) is 12.1. The summed E-state index contributed by atoms with van der Waals surface area (Å²) < 4.78 is 0. The first kappa shape index (κ1) is 17.0. The molecular formula is C21H23N3O. The van der Waals surface area contributed by atoms with Crippen molar-refractivity contribution < 1.29 is 4.79 Å². The van der Waals surface area contributed by atoms with Crippen LogP contribution in [0.25, 0.3) is 10.9 Å². The fraction of sp³-hybridized carbons (Fsp3) is 0.238. The highest BCUT2D eigenvalue weighted by Crippen LogP contribution is 2.18. The van der Waals surface area contributed by atoms with Crippen LogP contribution in [0.1, 0.15) is 16.1 Å². The quantitative estimate of drug-likeness (QED) is 0.713. The molecule has 1 amide bonds. The normalized spacial score (nSPS) is 10.7. The van der Waals surface area contributed by atoms with E-state index in [2.05, 4.69) is 22.0 Å². The van der Waals surface area contributed by atoms with E-state index in [1.165, 1.54) is 0 Å². The molecule has 4 heteroatoms. The number of nitrogens with zero attached hydrogens (tertiary/aromatic N) is 3. The molecule has 0 spiro atoms. The fourth-order valence-electron chi connectivity index (χ4n) is 2.85. The summed E-state index contributed by atoms with van der Waals surface area (Å²) in [6.07, 6.45) is 0. The van der Waals surface area contributed by atoms with Crippen LogP contribution in [-0.4, -0.2) is 43.0 Å². The Hall–Kier alpha value is -2.88. The maximum Gasteiger partial charge on any atom is 0.255 e. The zero-order valence-electron chi connectivity index (χ0n) is 14.9. The van der Waals surface area contributed by atoms with Crippen LogP contribution in [0.3, 0.4) is 0 Å². The molecule has 0 N–H and O–H groups in total. The Balaban J connectivity index is 1.71. The van der Waals surface area contributed by atoms with Crippen LogP contribution >= 0.6 is 0 Å². The minimum Gasteiger partial charge on any atom is -0.373 e. The summed E-state index contributed by atoms with van der Waals surface area (Å²) in [6.45, 7) is 3.31. The van der Waals surface area contributed by atoms with Gasteiger partial charge in [-0.3, -0.25) is 9.78 Å². The number of likely N-dealkylation sites (N-methyl/N-ethyl adjacent to an activating group) is 2. The fourth-order valence-corrected chi connectivity index (χ4v) is 2.85. The van der Waals surface area contributed by atoms with Crippen molar-refractivity contribution in [2.24, 2.45) is 0 Å². The summed E-state index contributed by atoms with van der Waals surface area (Å²) in [7, 11) is 3.88. The minimum atomic E-state index is 0.0113. The predicted molar refractivity (Wildman–Crippen MR) is 103 cm³/mol. The largest absolute Gasteiger partial charge is 0.373 e. The monoisotopic (exact) mass is 333 g/mol. The molecule has 0 aliphatic carbocycles. The van der Waals surface area contributed by atoms with Gasteiger partial charge in [-0.2, -0.15) is 0 Å². The summed E-state index contributed by atoms with van der Waals surface area (Å²) >= 11 is 0. The van der Waals surface area contributed by atoms with Crippen LogP contribution < -0.4 is 4.90 Å². The van der Waals surface area contributed by atoms with Crippen LogP contribution in [0.5, 0.6) is 0 Å². The molecule has 3 rings (SSSR count). The summed E-state index contributed by atoms with van der Waals surface area (Å²) in [5, 5.41) is 0.992. The first-order valence-electron chi connectivity index (χ1n) is 8.44. The van der Waals surface area contributed by atoms with Gasteiger partial charge in [0.25, 0.3) is 5.91 Å². The van der Waals surface area contributed by atoms with Gasteiger partial charge in [0.2, 0.25) is 0 Å². The number of rotatable bonds is 5. The van der Waals surface area contributed by atoms with Gasteiger partial charge in [-0.1, -0.05) is 36.4 Å². The van der Waals surface area contributed by atoms with Gasteiger partial charge < -0.3 is 9.80 Å². The lowest BCUT2D eigenvalue weighted by Crippen LogP contribution is -2.35. The Morgan fingerprint density at radius 2 is 1.64 bits per heavy atom. The Morgan fingerprint density at radius 1 is 0.960 bits per heavy atom. The molecule has 0 aliphatic heterocycles. The van der Waals surface area contributed by atoms with Crippen molar-refractivity contribution in [1.29, 1.82) is 0 Å². The molecule has 2 aromatic carbocycles. The molecule has 25 heavy (non-hydrogen) atoms. The third-order valence-corrected chi connectivity index (χ3v) is 4.46. The molecule has 0 atom stereocenters. The molecule has 0 fully saturated rings. The highest BCUT2D eigenvalue weighted by Gasteiger charge is 2.16. The molecule has 0 bridgehead atoms. The Bertz CT molecular complexity index is 877. The van der Waals surface area contributed by atoms with Crippen LogP contribution in [-0.2, 0) is 0 Å². The maximum atomic E-state index is 12.8. The second kappa shape index (κ2) is 7.34. The second-order valence-electron chi connectivity index (χ2n) is 6.30. The van der Waals surface area contributed by atoms with Crippen molar-refractivity contribution in [1.82, 2.24) is 9.88 Å². The lowest BCUT2D eigenvalue weighted by molar-refractivity contribution is 0.0798. The Kier molecular flexibility index (Phi) is 4.98. The van der Waals surface area contributed by atoms with E-state index in [4.69, 9.17) is 0 Å². The first-order valence-corrected chi connectivity index (χ1v) is 8.44. The molecule has 1 heterocycles. The summed E-state index contributed by atoms with van der Waals surface area (Å²) in [4.78, 5) is 21.3. The number of hydrogen-bond donors (Lipinski definition) is 0. The number of aromatic nitrogens is 1. The number of hydrogen-bond acceptors (Lipinski definition) is 3. The lowest BCUT2D eigenvalue weighted by atomic mass is 10.1. The zero-order valence-corrected chi connectivity index (χ0v) is 14.9. The second-order valence-corrected chi connectivity index (χ2v) is 6.30. The molecular weight excluding hydrogens is 310 g/mol. The third-order valence-electron chi connectivity index (χ3n) is 4.46. The number of amides is 1. The molecule has 128 valence electrons. The van der Waals surface area contributed by atoms with Crippen molar-refractivity contribution in [2.45, 2.75) is 6.92 Å². The van der Waals surface area contributed by atoms with E-state index in [1.807, 2.05) is 69.6 Å². The molecule has 3 aromatic rings. The summed E-state index contributed by atoms with van der Waals surface area (Å²) in [5.41, 5.74) is 3.51. The van der Waals surface area contributed by atoms with Gasteiger partial charge in [-0.05, 0) is 31.2 Å². The lowest BCUT2D eigenvalue weighted by Gasteiger charge is -2.24. The Labute approximate surface area is 148 Å². The van der Waals surface area contributed by atoms with E-state index in [0.29, 0.717) is 12.1 Å². The Morgan fingerprint density at radius 3 is 2.40 bits per heavy atom. The van der Waals surface area contributed by atoms with Gasteiger partial charge in [0, 0.05) is 38.3 Å². The van der Waals surface area contributed by atoms with Gasteiger partial charge in [-0.25, -0.2) is 0 Å². The highest BCUT2D eigenvalue weighted by molar-refractivity contribution is 5.98. The standard InChI is InChI=1S/C21H23N3O/c1-16-19(15-17-9-7-8-12-20(17)22-16)21(25)24(3)14-13-23(2)18-10-5-4-6-11-18/h4-12,15H,13-14H2,1-3H3. The highest BCUT2D eigenvalue weighted by atomic mass is 16.2. The maximum absolute atomic E-state index is 12.8. The van der Waals surface area contributed by atoms with Crippen molar-refractivity contribution >= 4 is 22.5 Å². The van der Waals surface area contributed by atoms with Crippen molar-refractivity contribution in [3.05, 3.63) is 71.9 Å². The number of fused-ring (bicyclic) bond motifs is 1. The smallest absolute Gasteiger partial charge is 0.255 e. The van der Waals surface area contributed by atoms with E-state index in [9.17, 15) is 4.79 Å². The molecule has 1 aromatic heterocycles. The van der Waals surface area contributed by atoms with Crippen LogP contribution in [0.15, 0.2) is 60.7 Å². The predicted octanol–water partition coefficient (Wildman–Crippen LogP) is 3.75. The average molecular weight is 333 g/mol. The zero-order chi connectivity index (χ0) is 17.8. The molecule has 0 saturated heterocycles. The van der Waals surface area contributed by atoms with E-state index >= 15 is 0 Å². The molecule has 0 aliphatic rings. The number of para-hydroxylation sites is 2.